The van der Waals surface area contributed by atoms with E-state index in [9.17, 15) is 9.59 Å². The zero-order valence-electron chi connectivity index (χ0n) is 17.0. The van der Waals surface area contributed by atoms with Crippen LogP contribution in [0.3, 0.4) is 0 Å². The van der Waals surface area contributed by atoms with Crippen molar-refractivity contribution in [1.82, 2.24) is 4.98 Å². The summed E-state index contributed by atoms with van der Waals surface area (Å²) in [5.74, 6) is 0.608. The zero-order valence-corrected chi connectivity index (χ0v) is 17.8. The van der Waals surface area contributed by atoms with E-state index in [0.29, 0.717) is 42.1 Å². The van der Waals surface area contributed by atoms with Crippen molar-refractivity contribution in [2.45, 2.75) is 13.3 Å². The average Bonchev–Trinajstić information content (AvgIpc) is 3.40. The van der Waals surface area contributed by atoms with Crippen LogP contribution in [0.5, 0.6) is 11.5 Å². The van der Waals surface area contributed by atoms with E-state index in [0.717, 1.165) is 11.4 Å². The lowest BCUT2D eigenvalue weighted by molar-refractivity contribution is -0.123. The third kappa shape index (κ3) is 3.74. The third-order valence-electron chi connectivity index (χ3n) is 5.34. The van der Waals surface area contributed by atoms with E-state index in [4.69, 9.17) is 9.47 Å². The monoisotopic (exact) mass is 435 g/mol. The summed E-state index contributed by atoms with van der Waals surface area (Å²) in [7, 11) is 0. The minimum Gasteiger partial charge on any atom is -0.486 e. The molecule has 2 aliphatic rings. The van der Waals surface area contributed by atoms with Gasteiger partial charge in [-0.15, -0.1) is 11.3 Å². The minimum atomic E-state index is -0.467. The molecule has 1 fully saturated rings. The van der Waals surface area contributed by atoms with Crippen LogP contribution in [-0.2, 0) is 9.59 Å². The van der Waals surface area contributed by atoms with Crippen LogP contribution in [0, 0.1) is 12.8 Å². The first-order valence-corrected chi connectivity index (χ1v) is 11.0. The number of carbonyl (C=O) groups is 2. The number of hydrogen-bond donors (Lipinski definition) is 0. The fourth-order valence-corrected chi connectivity index (χ4v) is 4.68. The summed E-state index contributed by atoms with van der Waals surface area (Å²) >= 11 is 1.42. The number of aromatic nitrogens is 1. The van der Waals surface area contributed by atoms with Crippen molar-refractivity contribution in [3.8, 4) is 11.5 Å². The molecule has 31 heavy (non-hydrogen) atoms. The summed E-state index contributed by atoms with van der Waals surface area (Å²) in [6.07, 6.45) is 0.154. The highest BCUT2D eigenvalue weighted by atomic mass is 32.1. The second kappa shape index (κ2) is 8.03. The van der Waals surface area contributed by atoms with Gasteiger partial charge in [0, 0.05) is 30.1 Å². The number of rotatable bonds is 4. The van der Waals surface area contributed by atoms with E-state index in [1.165, 1.54) is 11.3 Å². The van der Waals surface area contributed by atoms with E-state index in [1.807, 2.05) is 48.7 Å². The van der Waals surface area contributed by atoms with Gasteiger partial charge >= 0.3 is 0 Å². The largest absolute Gasteiger partial charge is 0.486 e. The van der Waals surface area contributed by atoms with Crippen molar-refractivity contribution in [2.75, 3.05) is 29.6 Å². The summed E-state index contributed by atoms with van der Waals surface area (Å²) in [6, 6.07) is 14.9. The number of thiazole rings is 1. The second-order valence-electron chi connectivity index (χ2n) is 7.51. The van der Waals surface area contributed by atoms with Gasteiger partial charge in [0.05, 0.1) is 17.3 Å². The van der Waals surface area contributed by atoms with Crippen molar-refractivity contribution >= 4 is 39.7 Å². The summed E-state index contributed by atoms with van der Waals surface area (Å²) in [5.41, 5.74) is 2.31. The van der Waals surface area contributed by atoms with Crippen LogP contribution in [0.2, 0.25) is 0 Å². The van der Waals surface area contributed by atoms with Crippen LogP contribution in [0.25, 0.3) is 0 Å². The first-order valence-electron chi connectivity index (χ1n) is 10.1. The Morgan fingerprint density at radius 2 is 1.90 bits per heavy atom. The van der Waals surface area contributed by atoms with Gasteiger partial charge in [0.1, 0.15) is 13.2 Å². The molecule has 1 aromatic heterocycles. The molecule has 1 saturated heterocycles. The lowest BCUT2D eigenvalue weighted by Crippen LogP contribution is -2.34. The maximum absolute atomic E-state index is 13.6. The highest BCUT2D eigenvalue weighted by molar-refractivity contribution is 7.14. The zero-order chi connectivity index (χ0) is 21.4. The molecule has 5 rings (SSSR count). The molecule has 158 valence electrons. The Kier molecular flexibility index (Phi) is 5.07. The van der Waals surface area contributed by atoms with Gasteiger partial charge in [0.15, 0.2) is 16.6 Å². The first-order chi connectivity index (χ1) is 15.1. The van der Waals surface area contributed by atoms with E-state index >= 15 is 0 Å². The number of aryl methyl sites for hydroxylation is 1. The highest BCUT2D eigenvalue weighted by Gasteiger charge is 2.39. The second-order valence-corrected chi connectivity index (χ2v) is 8.35. The van der Waals surface area contributed by atoms with Crippen molar-refractivity contribution in [2.24, 2.45) is 5.92 Å². The number of anilines is 3. The molecule has 8 heteroatoms. The van der Waals surface area contributed by atoms with Crippen LogP contribution in [-0.4, -0.2) is 36.6 Å². The highest BCUT2D eigenvalue weighted by Crippen LogP contribution is 2.37. The maximum Gasteiger partial charge on any atom is 0.238 e. The molecule has 0 bridgehead atoms. The molecule has 3 aromatic rings. The molecule has 0 N–H and O–H groups in total. The van der Waals surface area contributed by atoms with Crippen LogP contribution in [0.15, 0.2) is 53.9 Å². The lowest BCUT2D eigenvalue weighted by atomic mass is 10.1. The number of para-hydroxylation sites is 1. The standard InChI is InChI=1S/C23H21N3O4S/c1-15-14-31-23(24-15)26(17-5-3-2-4-6-17)22(28)16-11-21(27)25(13-16)18-7-8-19-20(12-18)30-10-9-29-19/h2-8,12,14,16H,9-11,13H2,1H3/t16-/m0/s1. The summed E-state index contributed by atoms with van der Waals surface area (Å²) in [4.78, 5) is 34.2. The van der Waals surface area contributed by atoms with Gasteiger partial charge in [-0.25, -0.2) is 4.98 Å². The summed E-state index contributed by atoms with van der Waals surface area (Å²) in [6.45, 7) is 3.20. The van der Waals surface area contributed by atoms with Crippen molar-refractivity contribution in [1.29, 1.82) is 0 Å². The smallest absolute Gasteiger partial charge is 0.238 e. The molecular weight excluding hydrogens is 414 g/mol. The Balaban J connectivity index is 1.42. The fourth-order valence-electron chi connectivity index (χ4n) is 3.86. The van der Waals surface area contributed by atoms with Crippen molar-refractivity contribution in [3.05, 3.63) is 59.6 Å². The normalized spacial score (nSPS) is 17.6. The molecule has 3 heterocycles. The number of hydrogen-bond acceptors (Lipinski definition) is 6. The number of fused-ring (bicyclic) bond motifs is 1. The molecule has 2 aliphatic heterocycles. The van der Waals surface area contributed by atoms with E-state index < -0.39 is 5.92 Å². The van der Waals surface area contributed by atoms with Crippen molar-refractivity contribution in [3.63, 3.8) is 0 Å². The number of nitrogens with zero attached hydrogens (tertiary/aromatic N) is 3. The van der Waals surface area contributed by atoms with Crippen LogP contribution in [0.1, 0.15) is 12.1 Å². The molecule has 2 aromatic carbocycles. The van der Waals surface area contributed by atoms with Crippen LogP contribution in [0.4, 0.5) is 16.5 Å². The van der Waals surface area contributed by atoms with Gasteiger partial charge in [0.25, 0.3) is 0 Å². The van der Waals surface area contributed by atoms with Crippen LogP contribution < -0.4 is 19.3 Å². The molecular formula is C23H21N3O4S. The van der Waals surface area contributed by atoms with E-state index in [1.54, 1.807) is 21.9 Å². The SMILES string of the molecule is Cc1csc(N(C(=O)[C@H]2CC(=O)N(c3ccc4c(c3)OCCO4)C2)c2ccccc2)n1. The predicted octanol–water partition coefficient (Wildman–Crippen LogP) is 3.94. The Hall–Kier alpha value is -3.39. The summed E-state index contributed by atoms with van der Waals surface area (Å²) < 4.78 is 11.2. The number of amides is 2. The van der Waals surface area contributed by atoms with Gasteiger partial charge in [-0.1, -0.05) is 18.2 Å². The first kappa shape index (κ1) is 19.6. The predicted molar refractivity (Wildman–Crippen MR) is 118 cm³/mol. The fraction of sp³-hybridized carbons (Fsp3) is 0.261. The molecule has 7 nitrogen and oxygen atoms in total. The maximum atomic E-state index is 13.6. The Morgan fingerprint density at radius 3 is 2.65 bits per heavy atom. The summed E-state index contributed by atoms with van der Waals surface area (Å²) in [5, 5.41) is 2.53. The number of carbonyl (C=O) groups excluding carboxylic acids is 2. The topological polar surface area (TPSA) is 72.0 Å². The molecule has 2 amide bonds. The lowest BCUT2D eigenvalue weighted by Gasteiger charge is -2.24. The minimum absolute atomic E-state index is 0.0849. The van der Waals surface area contributed by atoms with Gasteiger partial charge < -0.3 is 14.4 Å². The van der Waals surface area contributed by atoms with Gasteiger partial charge in [-0.05, 0) is 31.2 Å². The molecule has 1 atom stereocenters. The Morgan fingerprint density at radius 1 is 1.13 bits per heavy atom. The van der Waals surface area contributed by atoms with E-state index in [2.05, 4.69) is 4.98 Å². The average molecular weight is 436 g/mol. The quantitative estimate of drug-likeness (QED) is 0.621. The molecule has 0 aliphatic carbocycles. The van der Waals surface area contributed by atoms with Crippen molar-refractivity contribution < 1.29 is 19.1 Å². The van der Waals surface area contributed by atoms with Gasteiger partial charge in [0.2, 0.25) is 11.8 Å². The third-order valence-corrected chi connectivity index (χ3v) is 6.29. The molecule has 0 unspecified atom stereocenters. The number of ether oxygens (including phenoxy) is 2. The number of benzene rings is 2. The molecule has 0 radical (unpaired) electrons. The van der Waals surface area contributed by atoms with Gasteiger partial charge in [-0.3, -0.25) is 14.5 Å². The van der Waals surface area contributed by atoms with Gasteiger partial charge in [-0.2, -0.15) is 0 Å². The van der Waals surface area contributed by atoms with E-state index in [-0.39, 0.29) is 18.2 Å². The Labute approximate surface area is 183 Å². The molecule has 0 saturated carbocycles. The molecule has 0 spiro atoms. The Bertz CT molecular complexity index is 1130. The van der Waals surface area contributed by atoms with Crippen LogP contribution >= 0.6 is 11.3 Å².